The number of amides is 1. The van der Waals surface area contributed by atoms with Crippen LogP contribution >= 0.6 is 27.3 Å². The predicted molar refractivity (Wildman–Crippen MR) is 119 cm³/mol. The molecule has 0 bridgehead atoms. The van der Waals surface area contributed by atoms with Crippen LogP contribution in [0, 0.1) is 22.7 Å². The van der Waals surface area contributed by atoms with Crippen molar-refractivity contribution in [2.45, 2.75) is 13.2 Å². The second kappa shape index (κ2) is 10.4. The van der Waals surface area contributed by atoms with Gasteiger partial charge in [-0.3, -0.25) is 4.79 Å². The number of hydrogen-bond acceptors (Lipinski definition) is 5. The first kappa shape index (κ1) is 21.3. The fourth-order valence-corrected chi connectivity index (χ4v) is 3.78. The molecule has 2 aromatic carbocycles. The molecule has 1 heterocycles. The third-order valence-corrected chi connectivity index (χ3v) is 5.65. The molecule has 0 fully saturated rings. The standard InChI is InChI=1S/C23H16BrN3O2S/c24-21-11-16(10-19(13-26)23(28)27-14-20-6-3-9-30-20)7-8-22(21)29-15-18-5-2-1-4-17(18)12-25/h1-11H,14-15H2,(H,27,28). The maximum atomic E-state index is 12.3. The summed E-state index contributed by atoms with van der Waals surface area (Å²) in [4.78, 5) is 13.3. The lowest BCUT2D eigenvalue weighted by Crippen LogP contribution is -2.23. The molecule has 148 valence electrons. The van der Waals surface area contributed by atoms with E-state index in [4.69, 9.17) is 4.74 Å². The van der Waals surface area contributed by atoms with Crippen molar-refractivity contribution in [2.24, 2.45) is 0 Å². The molecule has 1 N–H and O–H groups in total. The molecular weight excluding hydrogens is 462 g/mol. The van der Waals surface area contributed by atoms with E-state index in [1.807, 2.05) is 41.8 Å². The first-order valence-electron chi connectivity index (χ1n) is 8.93. The van der Waals surface area contributed by atoms with Crippen LogP contribution in [0.2, 0.25) is 0 Å². The number of nitriles is 2. The Bertz CT molecular complexity index is 1160. The van der Waals surface area contributed by atoms with Gasteiger partial charge in [0.2, 0.25) is 0 Å². The molecule has 3 aromatic rings. The van der Waals surface area contributed by atoms with Crippen LogP contribution in [0.1, 0.15) is 21.6 Å². The summed E-state index contributed by atoms with van der Waals surface area (Å²) in [5.74, 6) is 0.177. The average Bonchev–Trinajstić information content (AvgIpc) is 3.29. The van der Waals surface area contributed by atoms with E-state index in [-0.39, 0.29) is 12.2 Å². The predicted octanol–water partition coefficient (Wildman–Crippen LogP) is 5.18. The summed E-state index contributed by atoms with van der Waals surface area (Å²) < 4.78 is 6.50. The van der Waals surface area contributed by atoms with Crippen LogP contribution in [-0.4, -0.2) is 5.91 Å². The minimum Gasteiger partial charge on any atom is -0.488 e. The van der Waals surface area contributed by atoms with Crippen LogP contribution in [0.15, 0.2) is 70.0 Å². The van der Waals surface area contributed by atoms with Gasteiger partial charge < -0.3 is 10.1 Å². The summed E-state index contributed by atoms with van der Waals surface area (Å²) in [5, 5.41) is 23.2. The molecule has 1 aromatic heterocycles. The third kappa shape index (κ3) is 5.57. The Morgan fingerprint density at radius 3 is 2.70 bits per heavy atom. The highest BCUT2D eigenvalue weighted by atomic mass is 79.9. The van der Waals surface area contributed by atoms with Crippen LogP contribution in [0.4, 0.5) is 0 Å². The number of nitrogens with zero attached hydrogens (tertiary/aromatic N) is 2. The molecule has 0 atom stereocenters. The van der Waals surface area contributed by atoms with Crippen LogP contribution in [0.3, 0.4) is 0 Å². The van der Waals surface area contributed by atoms with Gasteiger partial charge in [-0.25, -0.2) is 0 Å². The Morgan fingerprint density at radius 1 is 1.17 bits per heavy atom. The first-order chi connectivity index (χ1) is 14.6. The van der Waals surface area contributed by atoms with E-state index in [0.29, 0.717) is 27.9 Å². The minimum atomic E-state index is -0.421. The van der Waals surface area contributed by atoms with Gasteiger partial charge in [0, 0.05) is 10.4 Å². The smallest absolute Gasteiger partial charge is 0.262 e. The molecule has 0 saturated carbocycles. The van der Waals surface area contributed by atoms with Crippen molar-refractivity contribution in [1.82, 2.24) is 5.32 Å². The van der Waals surface area contributed by atoms with Crippen molar-refractivity contribution in [3.8, 4) is 17.9 Å². The Labute approximate surface area is 187 Å². The zero-order valence-electron chi connectivity index (χ0n) is 15.8. The van der Waals surface area contributed by atoms with E-state index in [1.54, 1.807) is 35.6 Å². The summed E-state index contributed by atoms with van der Waals surface area (Å²) in [6.07, 6.45) is 1.53. The maximum Gasteiger partial charge on any atom is 0.262 e. The lowest BCUT2D eigenvalue weighted by atomic mass is 10.1. The average molecular weight is 478 g/mol. The monoisotopic (exact) mass is 477 g/mol. The van der Waals surface area contributed by atoms with Gasteiger partial charge in [-0.1, -0.05) is 30.3 Å². The number of rotatable bonds is 7. The minimum absolute atomic E-state index is 0.0232. The van der Waals surface area contributed by atoms with Gasteiger partial charge >= 0.3 is 0 Å². The Kier molecular flexibility index (Phi) is 7.40. The number of halogens is 1. The SMILES string of the molecule is N#CC(=Cc1ccc(OCc2ccccc2C#N)c(Br)c1)C(=O)NCc1cccs1. The summed E-state index contributed by atoms with van der Waals surface area (Å²) in [6, 6.07) is 20.5. The molecule has 1 amide bonds. The Hall–Kier alpha value is -3.39. The summed E-state index contributed by atoms with van der Waals surface area (Å²) in [5.41, 5.74) is 2.08. The fourth-order valence-electron chi connectivity index (χ4n) is 2.63. The van der Waals surface area contributed by atoms with Gasteiger partial charge in [-0.15, -0.1) is 11.3 Å². The quantitative estimate of drug-likeness (QED) is 0.374. The van der Waals surface area contributed by atoms with Crippen LogP contribution < -0.4 is 10.1 Å². The molecule has 0 radical (unpaired) electrons. The van der Waals surface area contributed by atoms with Gasteiger partial charge in [0.1, 0.15) is 24.0 Å². The highest BCUT2D eigenvalue weighted by Crippen LogP contribution is 2.28. The number of nitrogens with one attached hydrogen (secondary N) is 1. The largest absolute Gasteiger partial charge is 0.488 e. The number of carbonyl (C=O) groups is 1. The van der Waals surface area contributed by atoms with Crippen molar-refractivity contribution in [2.75, 3.05) is 0 Å². The summed E-state index contributed by atoms with van der Waals surface area (Å²) in [6.45, 7) is 0.641. The molecule has 0 spiro atoms. The lowest BCUT2D eigenvalue weighted by molar-refractivity contribution is -0.117. The van der Waals surface area contributed by atoms with E-state index in [2.05, 4.69) is 27.3 Å². The van der Waals surface area contributed by atoms with Gasteiger partial charge in [0.05, 0.1) is 22.7 Å². The van der Waals surface area contributed by atoms with Crippen LogP contribution in [0.5, 0.6) is 5.75 Å². The van der Waals surface area contributed by atoms with Crippen molar-refractivity contribution >= 4 is 39.2 Å². The van der Waals surface area contributed by atoms with Gasteiger partial charge in [-0.2, -0.15) is 10.5 Å². The summed E-state index contributed by atoms with van der Waals surface area (Å²) >= 11 is 5.00. The van der Waals surface area contributed by atoms with Gasteiger partial charge in [0.25, 0.3) is 5.91 Å². The topological polar surface area (TPSA) is 85.9 Å². The maximum absolute atomic E-state index is 12.3. The normalized spacial score (nSPS) is 10.7. The van der Waals surface area contributed by atoms with E-state index < -0.39 is 5.91 Å². The molecule has 3 rings (SSSR count). The Morgan fingerprint density at radius 2 is 2.00 bits per heavy atom. The Balaban J connectivity index is 1.68. The van der Waals surface area contributed by atoms with Crippen molar-refractivity contribution in [3.63, 3.8) is 0 Å². The zero-order chi connectivity index (χ0) is 21.3. The molecule has 30 heavy (non-hydrogen) atoms. The highest BCUT2D eigenvalue weighted by Gasteiger charge is 2.10. The molecule has 0 aliphatic heterocycles. The molecule has 0 aliphatic rings. The fraction of sp³-hybridized carbons (Fsp3) is 0.0870. The number of thiophene rings is 1. The van der Waals surface area contributed by atoms with E-state index in [0.717, 1.165) is 10.4 Å². The number of carbonyl (C=O) groups excluding carboxylic acids is 1. The number of benzene rings is 2. The summed E-state index contributed by atoms with van der Waals surface area (Å²) in [7, 11) is 0. The van der Waals surface area contributed by atoms with E-state index in [1.165, 1.54) is 6.08 Å². The highest BCUT2D eigenvalue weighted by molar-refractivity contribution is 9.10. The molecule has 0 saturated heterocycles. The van der Waals surface area contributed by atoms with Gasteiger partial charge in [-0.05, 0) is 57.2 Å². The lowest BCUT2D eigenvalue weighted by Gasteiger charge is -2.10. The van der Waals surface area contributed by atoms with Crippen LogP contribution in [-0.2, 0) is 17.9 Å². The zero-order valence-corrected chi connectivity index (χ0v) is 18.2. The second-order valence-electron chi connectivity index (χ2n) is 6.18. The van der Waals surface area contributed by atoms with Gasteiger partial charge in [0.15, 0.2) is 0 Å². The van der Waals surface area contributed by atoms with Crippen molar-refractivity contribution in [1.29, 1.82) is 10.5 Å². The van der Waals surface area contributed by atoms with Crippen molar-refractivity contribution in [3.05, 3.63) is 91.6 Å². The molecule has 7 heteroatoms. The molecule has 0 unspecified atom stereocenters. The molecular formula is C23H16BrN3O2S. The van der Waals surface area contributed by atoms with Crippen LogP contribution in [0.25, 0.3) is 6.08 Å². The number of hydrogen-bond donors (Lipinski definition) is 1. The van der Waals surface area contributed by atoms with Crippen molar-refractivity contribution < 1.29 is 9.53 Å². The molecule has 0 aliphatic carbocycles. The molecule has 5 nitrogen and oxygen atoms in total. The second-order valence-corrected chi connectivity index (χ2v) is 8.07. The van der Waals surface area contributed by atoms with E-state index >= 15 is 0 Å². The third-order valence-electron chi connectivity index (χ3n) is 4.16. The first-order valence-corrected chi connectivity index (χ1v) is 10.6. The number of ether oxygens (including phenoxy) is 1. The van der Waals surface area contributed by atoms with E-state index in [9.17, 15) is 15.3 Å².